The quantitative estimate of drug-likeness (QED) is 0.851. The molecule has 0 aliphatic rings. The van der Waals surface area contributed by atoms with E-state index < -0.39 is 0 Å². The number of carbonyl (C=O) groups excluding carboxylic acids is 1. The van der Waals surface area contributed by atoms with Gasteiger partial charge in [-0.3, -0.25) is 9.48 Å². The Morgan fingerprint density at radius 2 is 2.05 bits per heavy atom. The van der Waals surface area contributed by atoms with Crippen molar-refractivity contribution in [1.29, 1.82) is 0 Å². The molecule has 21 heavy (non-hydrogen) atoms. The summed E-state index contributed by atoms with van der Waals surface area (Å²) in [6.07, 6.45) is 0. The third-order valence-electron chi connectivity index (χ3n) is 3.31. The second-order valence-corrected chi connectivity index (χ2v) is 5.71. The summed E-state index contributed by atoms with van der Waals surface area (Å²) in [5, 5.41) is 7.83. The van der Waals surface area contributed by atoms with Gasteiger partial charge in [0.15, 0.2) is 0 Å². The van der Waals surface area contributed by atoms with Crippen LogP contribution in [-0.4, -0.2) is 15.7 Å². The van der Waals surface area contributed by atoms with E-state index in [-0.39, 0.29) is 11.9 Å². The van der Waals surface area contributed by atoms with Crippen molar-refractivity contribution < 1.29 is 4.79 Å². The molecule has 0 aliphatic carbocycles. The number of carbonyl (C=O) groups is 1. The van der Waals surface area contributed by atoms with E-state index in [1.165, 1.54) is 0 Å². The second kappa shape index (κ2) is 5.77. The number of nitrogen functional groups attached to an aromatic ring is 1. The highest BCUT2D eigenvalue weighted by Crippen LogP contribution is 2.24. The maximum absolute atomic E-state index is 12.4. The molecular formula is C15H19ClN4O. The molecule has 0 radical (unpaired) electrons. The van der Waals surface area contributed by atoms with Gasteiger partial charge in [-0.1, -0.05) is 11.6 Å². The Bertz CT molecular complexity index is 691. The number of aromatic nitrogens is 2. The Balaban J connectivity index is 2.32. The van der Waals surface area contributed by atoms with Gasteiger partial charge in [-0.25, -0.2) is 0 Å². The molecule has 0 fully saturated rings. The summed E-state index contributed by atoms with van der Waals surface area (Å²) >= 11 is 5.85. The van der Waals surface area contributed by atoms with Crippen LogP contribution >= 0.6 is 11.6 Å². The highest BCUT2D eigenvalue weighted by Gasteiger charge is 2.17. The molecule has 1 heterocycles. The molecule has 2 aromatic rings. The fraction of sp³-hybridized carbons (Fsp3) is 0.333. The fourth-order valence-corrected chi connectivity index (χ4v) is 2.45. The van der Waals surface area contributed by atoms with Crippen LogP contribution in [0.25, 0.3) is 0 Å². The average molecular weight is 307 g/mol. The zero-order valence-corrected chi connectivity index (χ0v) is 13.3. The van der Waals surface area contributed by atoms with Crippen molar-refractivity contribution in [1.82, 2.24) is 9.78 Å². The molecule has 112 valence electrons. The lowest BCUT2D eigenvalue weighted by molar-refractivity contribution is 0.102. The lowest BCUT2D eigenvalue weighted by Crippen LogP contribution is -2.15. The molecule has 3 N–H and O–H groups in total. The van der Waals surface area contributed by atoms with Crippen LogP contribution in [0.4, 0.5) is 11.4 Å². The molecule has 1 aromatic carbocycles. The van der Waals surface area contributed by atoms with E-state index in [4.69, 9.17) is 17.3 Å². The predicted octanol–water partition coefficient (Wildman–Crippen LogP) is 3.57. The molecule has 5 nitrogen and oxygen atoms in total. The van der Waals surface area contributed by atoms with E-state index in [1.54, 1.807) is 18.2 Å². The largest absolute Gasteiger partial charge is 0.398 e. The summed E-state index contributed by atoms with van der Waals surface area (Å²) in [6, 6.07) is 5.05. The maximum atomic E-state index is 12.4. The van der Waals surface area contributed by atoms with Crippen LogP contribution in [0.15, 0.2) is 18.2 Å². The molecule has 0 atom stereocenters. The van der Waals surface area contributed by atoms with Crippen LogP contribution in [0.5, 0.6) is 0 Å². The van der Waals surface area contributed by atoms with Gasteiger partial charge in [-0.15, -0.1) is 0 Å². The Labute approximate surface area is 129 Å². The lowest BCUT2D eigenvalue weighted by atomic mass is 10.1. The second-order valence-electron chi connectivity index (χ2n) is 5.27. The number of rotatable bonds is 3. The van der Waals surface area contributed by atoms with Crippen molar-refractivity contribution in [3.8, 4) is 0 Å². The van der Waals surface area contributed by atoms with Crippen molar-refractivity contribution >= 4 is 28.9 Å². The molecule has 0 bridgehead atoms. The van der Waals surface area contributed by atoms with Crippen LogP contribution in [0.3, 0.4) is 0 Å². The highest BCUT2D eigenvalue weighted by molar-refractivity contribution is 6.31. The van der Waals surface area contributed by atoms with Gasteiger partial charge in [0.2, 0.25) is 0 Å². The van der Waals surface area contributed by atoms with Crippen LogP contribution in [0.1, 0.15) is 41.6 Å². The lowest BCUT2D eigenvalue weighted by Gasteiger charge is -2.10. The number of nitrogens with one attached hydrogen (secondary N) is 1. The molecule has 1 amide bonds. The smallest absolute Gasteiger partial charge is 0.257 e. The highest BCUT2D eigenvalue weighted by atomic mass is 35.5. The van der Waals surface area contributed by atoms with Crippen molar-refractivity contribution in [2.24, 2.45) is 0 Å². The summed E-state index contributed by atoms with van der Waals surface area (Å²) in [4.78, 5) is 12.4. The number of hydrogen-bond acceptors (Lipinski definition) is 3. The monoisotopic (exact) mass is 306 g/mol. The van der Waals surface area contributed by atoms with E-state index >= 15 is 0 Å². The number of benzene rings is 1. The van der Waals surface area contributed by atoms with Crippen molar-refractivity contribution in [2.75, 3.05) is 11.1 Å². The van der Waals surface area contributed by atoms with Crippen molar-refractivity contribution in [2.45, 2.75) is 33.7 Å². The third-order valence-corrected chi connectivity index (χ3v) is 3.55. The topological polar surface area (TPSA) is 72.9 Å². The minimum Gasteiger partial charge on any atom is -0.398 e. The van der Waals surface area contributed by atoms with E-state index in [0.717, 1.165) is 17.1 Å². The number of hydrogen-bond donors (Lipinski definition) is 2. The van der Waals surface area contributed by atoms with Gasteiger partial charge < -0.3 is 11.1 Å². The number of nitrogens with zero attached hydrogens (tertiary/aromatic N) is 2. The van der Waals surface area contributed by atoms with Gasteiger partial charge in [0, 0.05) is 16.8 Å². The summed E-state index contributed by atoms with van der Waals surface area (Å²) < 4.78 is 1.89. The number of aryl methyl sites for hydroxylation is 1. The van der Waals surface area contributed by atoms with Gasteiger partial charge in [0.1, 0.15) is 0 Å². The van der Waals surface area contributed by atoms with Gasteiger partial charge in [-0.2, -0.15) is 5.10 Å². The number of halogens is 1. The van der Waals surface area contributed by atoms with E-state index in [2.05, 4.69) is 10.4 Å². The standard InChI is InChI=1S/C15H19ClN4O/c1-8(2)20-10(4)14(9(3)19-20)18-15(21)12-6-5-11(16)7-13(12)17/h5-8H,17H2,1-4H3,(H,18,21). The normalized spacial score (nSPS) is 11.0. The van der Waals surface area contributed by atoms with E-state index in [9.17, 15) is 4.79 Å². The van der Waals surface area contributed by atoms with Gasteiger partial charge in [0.05, 0.1) is 22.6 Å². The molecular weight excluding hydrogens is 288 g/mol. The average Bonchev–Trinajstić information content (AvgIpc) is 2.66. The van der Waals surface area contributed by atoms with Gasteiger partial charge >= 0.3 is 0 Å². The first-order valence-corrected chi connectivity index (χ1v) is 7.11. The van der Waals surface area contributed by atoms with Crippen LogP contribution in [-0.2, 0) is 0 Å². The molecule has 0 saturated heterocycles. The minimum absolute atomic E-state index is 0.231. The summed E-state index contributed by atoms with van der Waals surface area (Å²) in [6.45, 7) is 7.89. The van der Waals surface area contributed by atoms with Gasteiger partial charge in [0.25, 0.3) is 5.91 Å². The zero-order valence-electron chi connectivity index (χ0n) is 12.6. The first-order chi connectivity index (χ1) is 9.81. The van der Waals surface area contributed by atoms with E-state index in [0.29, 0.717) is 16.3 Å². The predicted molar refractivity (Wildman–Crippen MR) is 85.9 cm³/mol. The SMILES string of the molecule is Cc1nn(C(C)C)c(C)c1NC(=O)c1ccc(Cl)cc1N. The van der Waals surface area contributed by atoms with Crippen molar-refractivity contribution in [3.05, 3.63) is 40.2 Å². The van der Waals surface area contributed by atoms with Crippen LogP contribution in [0.2, 0.25) is 5.02 Å². The number of amides is 1. The molecule has 1 aromatic heterocycles. The number of nitrogens with two attached hydrogens (primary N) is 1. The Kier molecular flexibility index (Phi) is 4.23. The molecule has 6 heteroatoms. The zero-order chi connectivity index (χ0) is 15.7. The minimum atomic E-state index is -0.265. The summed E-state index contributed by atoms with van der Waals surface area (Å²) in [5.74, 6) is -0.265. The van der Waals surface area contributed by atoms with E-state index in [1.807, 2.05) is 32.4 Å². The molecule has 0 unspecified atom stereocenters. The Morgan fingerprint density at radius 1 is 1.38 bits per heavy atom. The number of anilines is 2. The maximum Gasteiger partial charge on any atom is 0.257 e. The summed E-state index contributed by atoms with van der Waals surface area (Å²) in [5.41, 5.74) is 9.02. The fourth-order valence-electron chi connectivity index (χ4n) is 2.27. The van der Waals surface area contributed by atoms with Crippen molar-refractivity contribution in [3.63, 3.8) is 0 Å². The first-order valence-electron chi connectivity index (χ1n) is 6.73. The molecule has 0 spiro atoms. The Hall–Kier alpha value is -2.01. The third kappa shape index (κ3) is 3.03. The van der Waals surface area contributed by atoms with Crippen LogP contribution < -0.4 is 11.1 Å². The van der Waals surface area contributed by atoms with Gasteiger partial charge in [-0.05, 0) is 45.9 Å². The van der Waals surface area contributed by atoms with Crippen LogP contribution in [0, 0.1) is 13.8 Å². The Morgan fingerprint density at radius 3 is 2.57 bits per heavy atom. The molecule has 0 saturated carbocycles. The molecule has 0 aliphatic heterocycles. The first kappa shape index (κ1) is 15.4. The summed E-state index contributed by atoms with van der Waals surface area (Å²) in [7, 11) is 0. The molecule has 2 rings (SSSR count).